The second-order valence-electron chi connectivity index (χ2n) is 2.04. The smallest absolute Gasteiger partial charge is 0.244 e. The molecule has 0 aliphatic rings. The Morgan fingerprint density at radius 2 is 1.25 bits per heavy atom. The van der Waals surface area contributed by atoms with Crippen LogP contribution in [0.3, 0.4) is 0 Å². The summed E-state index contributed by atoms with van der Waals surface area (Å²) >= 11 is 0. The van der Waals surface area contributed by atoms with Gasteiger partial charge >= 0.3 is 12.1 Å². The summed E-state index contributed by atoms with van der Waals surface area (Å²) < 4.78 is 80.9. The molecular formula is C5H4F7. The van der Waals surface area contributed by atoms with Crippen LogP contribution in [0.2, 0.25) is 0 Å². The summed E-state index contributed by atoms with van der Waals surface area (Å²) in [5, 5.41) is 0. The zero-order valence-electron chi connectivity index (χ0n) is 5.51. The van der Waals surface area contributed by atoms with Crippen molar-refractivity contribution in [2.45, 2.75) is 24.4 Å². The van der Waals surface area contributed by atoms with Crippen molar-refractivity contribution in [1.82, 2.24) is 0 Å². The highest BCUT2D eigenvalue weighted by Crippen LogP contribution is 2.40. The summed E-state index contributed by atoms with van der Waals surface area (Å²) in [6, 6.07) is 0. The van der Waals surface area contributed by atoms with E-state index in [1.54, 1.807) is 0 Å². The lowest BCUT2D eigenvalue weighted by Gasteiger charge is -2.23. The van der Waals surface area contributed by atoms with Gasteiger partial charge in [0.25, 0.3) is 0 Å². The molecule has 2 unspecified atom stereocenters. The molecule has 0 aromatic rings. The summed E-state index contributed by atoms with van der Waals surface area (Å²) in [6.45, 7) is 2.10. The van der Waals surface area contributed by atoms with Crippen molar-refractivity contribution in [3.63, 3.8) is 0 Å². The van der Waals surface area contributed by atoms with Gasteiger partial charge < -0.3 is 0 Å². The molecule has 0 rings (SSSR count). The summed E-state index contributed by atoms with van der Waals surface area (Å²) in [6.07, 6.45) is -13.2. The fourth-order valence-electron chi connectivity index (χ4n) is 0.383. The van der Waals surface area contributed by atoms with Crippen LogP contribution in [-0.4, -0.2) is 24.4 Å². The molecule has 0 aromatic carbocycles. The van der Waals surface area contributed by atoms with E-state index in [0.717, 1.165) is 0 Å². The van der Waals surface area contributed by atoms with E-state index in [1.165, 1.54) is 0 Å². The van der Waals surface area contributed by atoms with Gasteiger partial charge in [-0.05, 0) is 6.92 Å². The van der Waals surface area contributed by atoms with Gasteiger partial charge in [-0.25, -0.2) is 8.78 Å². The first-order valence-electron chi connectivity index (χ1n) is 2.66. The van der Waals surface area contributed by atoms with Crippen LogP contribution in [-0.2, 0) is 0 Å². The van der Waals surface area contributed by atoms with Crippen LogP contribution in [0.15, 0.2) is 0 Å². The minimum absolute atomic E-state index is 2.10. The van der Waals surface area contributed by atoms with Gasteiger partial charge in [-0.3, -0.25) is 0 Å². The Balaban J connectivity index is 4.61. The number of hydrogen-bond donors (Lipinski definition) is 0. The summed E-state index contributed by atoms with van der Waals surface area (Å²) in [4.78, 5) is 0. The molecule has 7 heteroatoms. The van der Waals surface area contributed by atoms with Crippen LogP contribution in [0.4, 0.5) is 30.7 Å². The summed E-state index contributed by atoms with van der Waals surface area (Å²) in [5.74, 6) is -5.69. The van der Waals surface area contributed by atoms with Crippen LogP contribution >= 0.6 is 0 Å². The number of alkyl halides is 7. The highest BCUT2D eigenvalue weighted by Gasteiger charge is 2.64. The van der Waals surface area contributed by atoms with Crippen LogP contribution in [0, 0.1) is 6.92 Å². The Bertz CT molecular complexity index is 146. The Hall–Kier alpha value is -0.490. The second-order valence-corrected chi connectivity index (χ2v) is 2.04. The van der Waals surface area contributed by atoms with Crippen molar-refractivity contribution >= 4 is 0 Å². The molecule has 0 aromatic heterocycles. The zero-order valence-corrected chi connectivity index (χ0v) is 5.51. The van der Waals surface area contributed by atoms with Crippen molar-refractivity contribution in [3.8, 4) is 0 Å². The van der Waals surface area contributed by atoms with E-state index in [4.69, 9.17) is 0 Å². The number of hydrogen-bond acceptors (Lipinski definition) is 0. The molecule has 12 heavy (non-hydrogen) atoms. The molecule has 0 spiro atoms. The van der Waals surface area contributed by atoms with Crippen molar-refractivity contribution in [1.29, 1.82) is 0 Å². The molecule has 0 amide bonds. The molecule has 0 aliphatic heterocycles. The van der Waals surface area contributed by atoms with E-state index in [-0.39, 0.29) is 0 Å². The third-order valence-corrected chi connectivity index (χ3v) is 1.04. The monoisotopic (exact) mass is 197 g/mol. The van der Waals surface area contributed by atoms with Gasteiger partial charge in [-0.2, -0.15) is 22.0 Å². The Morgan fingerprint density at radius 1 is 0.917 bits per heavy atom. The standard InChI is InChI=1S/C5H4F7/c1-2(6)3(7)4(8,9)5(10,11)12/h2-3H,1H2. The van der Waals surface area contributed by atoms with Crippen molar-refractivity contribution in [3.05, 3.63) is 6.92 Å². The second kappa shape index (κ2) is 3.10. The molecule has 2 atom stereocenters. The Labute approximate surface area is 63.4 Å². The van der Waals surface area contributed by atoms with Crippen LogP contribution in [0.1, 0.15) is 0 Å². The first kappa shape index (κ1) is 11.5. The Morgan fingerprint density at radius 3 is 1.33 bits per heavy atom. The fraction of sp³-hybridized carbons (Fsp3) is 0.800. The quantitative estimate of drug-likeness (QED) is 0.597. The van der Waals surface area contributed by atoms with Crippen molar-refractivity contribution in [2.24, 2.45) is 0 Å². The molecule has 0 aliphatic carbocycles. The van der Waals surface area contributed by atoms with Gasteiger partial charge in [0.2, 0.25) is 6.17 Å². The van der Waals surface area contributed by atoms with Crippen LogP contribution in [0.25, 0.3) is 0 Å². The molecular weight excluding hydrogens is 193 g/mol. The van der Waals surface area contributed by atoms with E-state index in [1.807, 2.05) is 0 Å². The fourth-order valence-corrected chi connectivity index (χ4v) is 0.383. The lowest BCUT2D eigenvalue weighted by atomic mass is 10.1. The summed E-state index contributed by atoms with van der Waals surface area (Å²) in [5.41, 5.74) is 0. The van der Waals surface area contributed by atoms with Crippen LogP contribution in [0.5, 0.6) is 0 Å². The third kappa shape index (κ3) is 2.01. The van der Waals surface area contributed by atoms with Gasteiger partial charge in [0.1, 0.15) is 6.17 Å². The van der Waals surface area contributed by atoms with E-state index in [9.17, 15) is 30.7 Å². The van der Waals surface area contributed by atoms with Gasteiger partial charge in [0, 0.05) is 0 Å². The normalized spacial score (nSPS) is 19.0. The molecule has 0 saturated heterocycles. The van der Waals surface area contributed by atoms with Gasteiger partial charge in [-0.1, -0.05) is 0 Å². The van der Waals surface area contributed by atoms with E-state index >= 15 is 0 Å². The minimum atomic E-state index is -6.09. The highest BCUT2D eigenvalue weighted by atomic mass is 19.4. The summed E-state index contributed by atoms with van der Waals surface area (Å²) in [7, 11) is 0. The highest BCUT2D eigenvalue weighted by molar-refractivity contribution is 4.89. The van der Waals surface area contributed by atoms with Crippen molar-refractivity contribution in [2.75, 3.05) is 0 Å². The topological polar surface area (TPSA) is 0 Å². The molecule has 0 fully saturated rings. The average Bonchev–Trinajstić information content (AvgIpc) is 1.83. The number of rotatable bonds is 2. The SMILES string of the molecule is [CH2]C(F)C(F)C(F)(F)C(F)(F)F. The predicted molar refractivity (Wildman–Crippen MR) is 26.2 cm³/mol. The van der Waals surface area contributed by atoms with E-state index < -0.39 is 24.4 Å². The molecule has 0 heterocycles. The molecule has 0 bridgehead atoms. The molecule has 0 saturated carbocycles. The van der Waals surface area contributed by atoms with Gasteiger partial charge in [0.05, 0.1) is 0 Å². The maximum absolute atomic E-state index is 11.9. The zero-order chi connectivity index (χ0) is 10.2. The van der Waals surface area contributed by atoms with E-state index in [0.29, 0.717) is 0 Å². The molecule has 0 N–H and O–H groups in total. The van der Waals surface area contributed by atoms with Crippen LogP contribution < -0.4 is 0 Å². The lowest BCUT2D eigenvalue weighted by molar-refractivity contribution is -0.307. The van der Waals surface area contributed by atoms with Crippen molar-refractivity contribution < 1.29 is 30.7 Å². The Kier molecular flexibility index (Phi) is 2.97. The maximum atomic E-state index is 11.9. The third-order valence-electron chi connectivity index (χ3n) is 1.04. The molecule has 0 nitrogen and oxygen atoms in total. The lowest BCUT2D eigenvalue weighted by Crippen LogP contribution is -2.48. The molecule has 1 radical (unpaired) electrons. The van der Waals surface area contributed by atoms with E-state index in [2.05, 4.69) is 6.92 Å². The predicted octanol–water partition coefficient (Wildman–Crippen LogP) is 2.69. The molecule has 73 valence electrons. The first-order valence-corrected chi connectivity index (χ1v) is 2.66. The average molecular weight is 197 g/mol. The number of halogens is 7. The largest absolute Gasteiger partial charge is 0.456 e. The van der Waals surface area contributed by atoms with Gasteiger partial charge in [-0.15, -0.1) is 0 Å². The first-order chi connectivity index (χ1) is 5.10. The van der Waals surface area contributed by atoms with Gasteiger partial charge in [0.15, 0.2) is 0 Å². The maximum Gasteiger partial charge on any atom is 0.456 e. The minimum Gasteiger partial charge on any atom is -0.244 e.